The van der Waals surface area contributed by atoms with Gasteiger partial charge in [0.15, 0.2) is 0 Å². The minimum atomic E-state index is -0.259. The van der Waals surface area contributed by atoms with Crippen LogP contribution in [0.1, 0.15) is 5.56 Å². The summed E-state index contributed by atoms with van der Waals surface area (Å²) in [6, 6.07) is 7.89. The van der Waals surface area contributed by atoms with Crippen molar-refractivity contribution in [2.75, 3.05) is 38.5 Å². The molecular formula is C14H21ClN2OS. The third kappa shape index (κ3) is 5.32. The van der Waals surface area contributed by atoms with Gasteiger partial charge in [0.1, 0.15) is 0 Å². The fourth-order valence-corrected chi connectivity index (χ4v) is 3.41. The average Bonchev–Trinajstić information content (AvgIpc) is 2.42. The molecule has 1 saturated heterocycles. The van der Waals surface area contributed by atoms with Gasteiger partial charge in [0, 0.05) is 49.3 Å². The predicted molar refractivity (Wildman–Crippen MR) is 82.9 cm³/mol. The average molecular weight is 301 g/mol. The number of piperazine rings is 1. The first kappa shape index (κ1) is 15.1. The molecule has 5 heteroatoms. The number of hydrogen-bond donors (Lipinski definition) is 2. The summed E-state index contributed by atoms with van der Waals surface area (Å²) in [6.07, 6.45) is -0.259. The molecule has 0 amide bonds. The number of halogens is 1. The summed E-state index contributed by atoms with van der Waals surface area (Å²) in [5.74, 6) is 1.62. The smallest absolute Gasteiger partial charge is 0.0757 e. The summed E-state index contributed by atoms with van der Waals surface area (Å²) in [5, 5.41) is 14.2. The van der Waals surface area contributed by atoms with Gasteiger partial charge in [-0.05, 0) is 11.6 Å². The molecule has 1 unspecified atom stereocenters. The molecule has 0 bridgehead atoms. The first-order valence-corrected chi connectivity index (χ1v) is 8.21. The second-order valence-electron chi connectivity index (χ2n) is 4.81. The van der Waals surface area contributed by atoms with Crippen LogP contribution < -0.4 is 5.32 Å². The standard InChI is InChI=1S/C14H21ClN2OS/c15-14-4-2-1-3-12(14)10-19-11-13(18)9-17-7-5-16-6-8-17/h1-4,13,16,18H,5-11H2. The van der Waals surface area contributed by atoms with E-state index in [2.05, 4.69) is 10.2 Å². The van der Waals surface area contributed by atoms with Gasteiger partial charge < -0.3 is 10.4 Å². The predicted octanol–water partition coefficient (Wildman–Crippen LogP) is 1.84. The van der Waals surface area contributed by atoms with Crippen molar-refractivity contribution in [3.05, 3.63) is 34.9 Å². The molecule has 1 aromatic carbocycles. The number of nitrogens with zero attached hydrogens (tertiary/aromatic N) is 1. The molecule has 19 heavy (non-hydrogen) atoms. The molecule has 0 spiro atoms. The Morgan fingerprint density at radius 1 is 1.32 bits per heavy atom. The lowest BCUT2D eigenvalue weighted by atomic mass is 10.2. The summed E-state index contributed by atoms with van der Waals surface area (Å²) < 4.78 is 0. The van der Waals surface area contributed by atoms with E-state index in [1.165, 1.54) is 0 Å². The zero-order chi connectivity index (χ0) is 13.5. The molecule has 0 aliphatic carbocycles. The largest absolute Gasteiger partial charge is 0.391 e. The Morgan fingerprint density at radius 2 is 2.05 bits per heavy atom. The van der Waals surface area contributed by atoms with Crippen molar-refractivity contribution in [2.45, 2.75) is 11.9 Å². The minimum absolute atomic E-state index is 0.259. The summed E-state index contributed by atoms with van der Waals surface area (Å²) in [7, 11) is 0. The van der Waals surface area contributed by atoms with Crippen molar-refractivity contribution in [3.8, 4) is 0 Å². The van der Waals surface area contributed by atoms with Gasteiger partial charge in [-0.2, -0.15) is 11.8 Å². The second-order valence-corrected chi connectivity index (χ2v) is 6.25. The fourth-order valence-electron chi connectivity index (χ4n) is 2.16. The van der Waals surface area contributed by atoms with Crippen molar-refractivity contribution in [3.63, 3.8) is 0 Å². The lowest BCUT2D eigenvalue weighted by Crippen LogP contribution is -2.46. The number of nitrogens with one attached hydrogen (secondary N) is 1. The topological polar surface area (TPSA) is 35.5 Å². The molecule has 1 fully saturated rings. The van der Waals surface area contributed by atoms with Crippen LogP contribution in [0, 0.1) is 0 Å². The molecule has 1 aliphatic rings. The van der Waals surface area contributed by atoms with E-state index in [0.29, 0.717) is 0 Å². The molecule has 1 aliphatic heterocycles. The molecule has 0 aromatic heterocycles. The highest BCUT2D eigenvalue weighted by Crippen LogP contribution is 2.21. The van der Waals surface area contributed by atoms with Crippen molar-refractivity contribution in [1.82, 2.24) is 10.2 Å². The first-order chi connectivity index (χ1) is 9.25. The molecule has 1 heterocycles. The van der Waals surface area contributed by atoms with E-state index in [1.807, 2.05) is 24.3 Å². The summed E-state index contributed by atoms with van der Waals surface area (Å²) >= 11 is 7.84. The van der Waals surface area contributed by atoms with E-state index in [4.69, 9.17) is 11.6 Å². The van der Waals surface area contributed by atoms with Crippen LogP contribution in [0.2, 0.25) is 5.02 Å². The second kappa shape index (κ2) is 8.12. The summed E-state index contributed by atoms with van der Waals surface area (Å²) in [5.41, 5.74) is 1.14. The zero-order valence-corrected chi connectivity index (χ0v) is 12.6. The van der Waals surface area contributed by atoms with Crippen molar-refractivity contribution >= 4 is 23.4 Å². The minimum Gasteiger partial charge on any atom is -0.391 e. The highest BCUT2D eigenvalue weighted by molar-refractivity contribution is 7.98. The van der Waals surface area contributed by atoms with Crippen LogP contribution in [0.15, 0.2) is 24.3 Å². The van der Waals surface area contributed by atoms with Crippen LogP contribution in [-0.2, 0) is 5.75 Å². The van der Waals surface area contributed by atoms with Gasteiger partial charge in [-0.3, -0.25) is 4.90 Å². The first-order valence-electron chi connectivity index (χ1n) is 6.68. The Balaban J connectivity index is 1.66. The molecule has 1 aromatic rings. The maximum Gasteiger partial charge on any atom is 0.0757 e. The van der Waals surface area contributed by atoms with Gasteiger partial charge in [-0.1, -0.05) is 29.8 Å². The number of thioether (sulfide) groups is 1. The van der Waals surface area contributed by atoms with Crippen LogP contribution in [0.5, 0.6) is 0 Å². The van der Waals surface area contributed by atoms with Gasteiger partial charge in [0.05, 0.1) is 6.10 Å². The molecule has 0 radical (unpaired) electrons. The van der Waals surface area contributed by atoms with Gasteiger partial charge in [-0.25, -0.2) is 0 Å². The Morgan fingerprint density at radius 3 is 2.79 bits per heavy atom. The number of hydrogen-bond acceptors (Lipinski definition) is 4. The quantitative estimate of drug-likeness (QED) is 0.840. The third-order valence-electron chi connectivity index (χ3n) is 3.20. The van der Waals surface area contributed by atoms with Crippen molar-refractivity contribution in [1.29, 1.82) is 0 Å². The molecule has 2 rings (SSSR count). The Labute approximate surface area is 124 Å². The lowest BCUT2D eigenvalue weighted by molar-refractivity contribution is 0.121. The van der Waals surface area contributed by atoms with Gasteiger partial charge in [-0.15, -0.1) is 0 Å². The van der Waals surface area contributed by atoms with Crippen LogP contribution in [0.25, 0.3) is 0 Å². The number of β-amino-alcohol motifs (C(OH)–C–C–N with tert-alkyl or cyclic N) is 1. The van der Waals surface area contributed by atoms with Crippen molar-refractivity contribution < 1.29 is 5.11 Å². The molecular weight excluding hydrogens is 280 g/mol. The van der Waals surface area contributed by atoms with Crippen LogP contribution >= 0.6 is 23.4 Å². The zero-order valence-electron chi connectivity index (χ0n) is 11.0. The molecule has 0 saturated carbocycles. The van der Waals surface area contributed by atoms with Gasteiger partial charge >= 0.3 is 0 Å². The van der Waals surface area contributed by atoms with E-state index in [9.17, 15) is 5.11 Å². The molecule has 2 N–H and O–H groups in total. The number of rotatable bonds is 6. The molecule has 1 atom stereocenters. The van der Waals surface area contributed by atoms with Crippen LogP contribution in [-0.4, -0.2) is 54.6 Å². The fraction of sp³-hybridized carbons (Fsp3) is 0.571. The molecule has 3 nitrogen and oxygen atoms in total. The maximum absolute atomic E-state index is 10.0. The van der Waals surface area contributed by atoms with Crippen LogP contribution in [0.4, 0.5) is 0 Å². The number of aliphatic hydroxyl groups is 1. The monoisotopic (exact) mass is 300 g/mol. The number of benzene rings is 1. The highest BCUT2D eigenvalue weighted by atomic mass is 35.5. The third-order valence-corrected chi connectivity index (χ3v) is 4.71. The van der Waals surface area contributed by atoms with Crippen LogP contribution in [0.3, 0.4) is 0 Å². The van der Waals surface area contributed by atoms with E-state index in [0.717, 1.165) is 54.8 Å². The Bertz CT molecular complexity index is 385. The SMILES string of the molecule is OC(CSCc1ccccc1Cl)CN1CCNCC1. The lowest BCUT2D eigenvalue weighted by Gasteiger charge is -2.28. The van der Waals surface area contributed by atoms with Gasteiger partial charge in [0.2, 0.25) is 0 Å². The summed E-state index contributed by atoms with van der Waals surface area (Å²) in [6.45, 7) is 4.90. The normalized spacial score (nSPS) is 18.4. The number of aliphatic hydroxyl groups excluding tert-OH is 1. The Hall–Kier alpha value is -0.260. The van der Waals surface area contributed by atoms with E-state index in [1.54, 1.807) is 11.8 Å². The van der Waals surface area contributed by atoms with Gasteiger partial charge in [0.25, 0.3) is 0 Å². The van der Waals surface area contributed by atoms with E-state index < -0.39 is 0 Å². The van der Waals surface area contributed by atoms with Crippen molar-refractivity contribution in [2.24, 2.45) is 0 Å². The Kier molecular flexibility index (Phi) is 6.47. The van der Waals surface area contributed by atoms with E-state index >= 15 is 0 Å². The van der Waals surface area contributed by atoms with E-state index in [-0.39, 0.29) is 6.10 Å². The molecule has 106 valence electrons. The maximum atomic E-state index is 10.0. The summed E-state index contributed by atoms with van der Waals surface area (Å²) in [4.78, 5) is 2.32. The highest BCUT2D eigenvalue weighted by Gasteiger charge is 2.14.